The number of rotatable bonds is 4. The van der Waals surface area contributed by atoms with E-state index in [2.05, 4.69) is 22.0 Å². The molecule has 0 saturated carbocycles. The summed E-state index contributed by atoms with van der Waals surface area (Å²) in [5.74, 6) is 0.958. The second-order valence-corrected chi connectivity index (χ2v) is 5.53. The van der Waals surface area contributed by atoms with Gasteiger partial charge in [-0.2, -0.15) is 0 Å². The summed E-state index contributed by atoms with van der Waals surface area (Å²) in [6, 6.07) is 0.515. The van der Waals surface area contributed by atoms with Crippen LogP contribution < -0.4 is 0 Å². The Morgan fingerprint density at radius 3 is 2.77 bits per heavy atom. The smallest absolute Gasteiger partial charge is 0.290 e. The molecule has 0 spiro atoms. The van der Waals surface area contributed by atoms with Crippen molar-refractivity contribution >= 4 is 12.4 Å². The Morgan fingerprint density at radius 2 is 2.23 bits per heavy atom. The number of carbonyl (C=O) groups excluding carboxylic acids is 1. The van der Waals surface area contributed by atoms with Crippen molar-refractivity contribution in [3.63, 3.8) is 0 Å². The Bertz CT molecular complexity index is 477. The summed E-state index contributed by atoms with van der Waals surface area (Å²) < 4.78 is 1.84. The lowest BCUT2D eigenvalue weighted by atomic mass is 10.0. The fourth-order valence-electron chi connectivity index (χ4n) is 2.44. The summed E-state index contributed by atoms with van der Waals surface area (Å²) in [6.07, 6.45) is 5.33. The highest BCUT2D eigenvalue weighted by Crippen LogP contribution is 2.16. The molecule has 124 valence electrons. The van der Waals surface area contributed by atoms with Crippen LogP contribution in [0.5, 0.6) is 0 Å². The van der Waals surface area contributed by atoms with Crippen molar-refractivity contribution in [2.45, 2.75) is 38.8 Å². The van der Waals surface area contributed by atoms with E-state index >= 15 is 0 Å². The van der Waals surface area contributed by atoms with E-state index in [4.69, 9.17) is 9.90 Å². The van der Waals surface area contributed by atoms with Gasteiger partial charge in [-0.25, -0.2) is 0 Å². The molecule has 22 heavy (non-hydrogen) atoms. The summed E-state index contributed by atoms with van der Waals surface area (Å²) in [5, 5.41) is 14.7. The summed E-state index contributed by atoms with van der Waals surface area (Å²) in [6.45, 7) is 4.01. The van der Waals surface area contributed by atoms with Gasteiger partial charge >= 0.3 is 0 Å². The van der Waals surface area contributed by atoms with Crippen LogP contribution in [0.15, 0.2) is 6.33 Å². The predicted molar refractivity (Wildman–Crippen MR) is 81.1 cm³/mol. The van der Waals surface area contributed by atoms with Crippen LogP contribution in [0.1, 0.15) is 32.0 Å². The molecule has 0 aromatic carbocycles. The Kier molecular flexibility index (Phi) is 7.51. The highest BCUT2D eigenvalue weighted by atomic mass is 16.3. The van der Waals surface area contributed by atoms with Gasteiger partial charge in [-0.3, -0.25) is 14.5 Å². The molecule has 1 aliphatic heterocycles. The molecule has 1 N–H and O–H groups in total. The number of likely N-dealkylation sites (tertiary alicyclic amines) is 1. The molecule has 1 aromatic rings. The number of piperidine rings is 1. The number of hydrogen-bond donors (Lipinski definition) is 1. The molecule has 1 atom stereocenters. The van der Waals surface area contributed by atoms with Crippen LogP contribution in [0.2, 0.25) is 0 Å². The molecule has 8 nitrogen and oxygen atoms in total. The Hall–Kier alpha value is -1.96. The predicted octanol–water partition coefficient (Wildman–Crippen LogP) is 0.349. The SMILES string of the molecule is CC1CCCCN1CC(=O)N(C)Cc1nncn1C.O=CO. The van der Waals surface area contributed by atoms with Crippen LogP contribution in [0, 0.1) is 0 Å². The van der Waals surface area contributed by atoms with Crippen LogP contribution in [-0.2, 0) is 23.2 Å². The average molecular weight is 311 g/mol. The fourth-order valence-corrected chi connectivity index (χ4v) is 2.44. The first-order chi connectivity index (χ1) is 10.5. The van der Waals surface area contributed by atoms with Crippen molar-refractivity contribution in [1.82, 2.24) is 24.6 Å². The third-order valence-corrected chi connectivity index (χ3v) is 3.89. The quantitative estimate of drug-likeness (QED) is 0.807. The maximum absolute atomic E-state index is 12.2. The van der Waals surface area contributed by atoms with Gasteiger partial charge in [0.15, 0.2) is 5.82 Å². The third-order valence-electron chi connectivity index (χ3n) is 3.89. The highest BCUT2D eigenvalue weighted by Gasteiger charge is 2.22. The lowest BCUT2D eigenvalue weighted by molar-refractivity contribution is -0.132. The topological polar surface area (TPSA) is 91.6 Å². The van der Waals surface area contributed by atoms with E-state index in [9.17, 15) is 4.79 Å². The zero-order valence-electron chi connectivity index (χ0n) is 13.5. The molecular weight excluding hydrogens is 286 g/mol. The number of hydrogen-bond acceptors (Lipinski definition) is 5. The standard InChI is InChI=1S/C13H23N5O.CH2O2/c1-11-6-4-5-7-18(11)9-13(19)16(2)8-12-15-14-10-17(12)3;2-1-3/h10-11H,4-9H2,1-3H3;1H,(H,2,3). The van der Waals surface area contributed by atoms with E-state index in [0.29, 0.717) is 19.1 Å². The molecule has 1 unspecified atom stereocenters. The summed E-state index contributed by atoms with van der Waals surface area (Å²) in [5.41, 5.74) is 0. The lowest BCUT2D eigenvalue weighted by Gasteiger charge is -2.33. The minimum atomic E-state index is -0.250. The van der Waals surface area contributed by atoms with E-state index in [1.807, 2.05) is 18.7 Å². The van der Waals surface area contributed by atoms with Crippen LogP contribution in [0.3, 0.4) is 0 Å². The first-order valence-electron chi connectivity index (χ1n) is 7.38. The number of carbonyl (C=O) groups is 2. The summed E-state index contributed by atoms with van der Waals surface area (Å²) in [4.78, 5) is 24.6. The lowest BCUT2D eigenvalue weighted by Crippen LogP contribution is -2.44. The second kappa shape index (κ2) is 9.14. The minimum absolute atomic E-state index is 0.150. The van der Waals surface area contributed by atoms with Gasteiger partial charge in [0.25, 0.3) is 6.47 Å². The normalized spacial score (nSPS) is 18.2. The molecule has 1 aliphatic rings. The van der Waals surface area contributed by atoms with Crippen molar-refractivity contribution in [1.29, 1.82) is 0 Å². The van der Waals surface area contributed by atoms with Crippen molar-refractivity contribution in [2.75, 3.05) is 20.1 Å². The number of carboxylic acid groups (broad SMARTS) is 1. The van der Waals surface area contributed by atoms with Crippen molar-refractivity contribution in [2.24, 2.45) is 7.05 Å². The maximum atomic E-state index is 12.2. The van der Waals surface area contributed by atoms with Crippen molar-refractivity contribution in [3.05, 3.63) is 12.2 Å². The van der Waals surface area contributed by atoms with Crippen LogP contribution in [0.4, 0.5) is 0 Å². The zero-order valence-corrected chi connectivity index (χ0v) is 13.5. The van der Waals surface area contributed by atoms with E-state index in [-0.39, 0.29) is 12.4 Å². The number of likely N-dealkylation sites (N-methyl/N-ethyl adjacent to an activating group) is 1. The Labute approximate surface area is 130 Å². The number of amides is 1. The van der Waals surface area contributed by atoms with Gasteiger partial charge in [0.2, 0.25) is 5.91 Å². The van der Waals surface area contributed by atoms with Crippen LogP contribution in [-0.4, -0.2) is 68.2 Å². The van der Waals surface area contributed by atoms with E-state index < -0.39 is 0 Å². The first kappa shape index (κ1) is 18.1. The second-order valence-electron chi connectivity index (χ2n) is 5.53. The Morgan fingerprint density at radius 1 is 1.55 bits per heavy atom. The molecular formula is C14H25N5O3. The molecule has 0 radical (unpaired) electrons. The van der Waals surface area contributed by atoms with Crippen molar-refractivity contribution < 1.29 is 14.7 Å². The van der Waals surface area contributed by atoms with Gasteiger partial charge in [0, 0.05) is 20.1 Å². The largest absolute Gasteiger partial charge is 0.483 e. The summed E-state index contributed by atoms with van der Waals surface area (Å²) >= 11 is 0. The minimum Gasteiger partial charge on any atom is -0.483 e. The summed E-state index contributed by atoms with van der Waals surface area (Å²) in [7, 11) is 3.71. The first-order valence-corrected chi connectivity index (χ1v) is 7.38. The molecule has 2 heterocycles. The molecule has 0 aliphatic carbocycles. The van der Waals surface area contributed by atoms with E-state index in [1.165, 1.54) is 19.3 Å². The third kappa shape index (κ3) is 5.44. The molecule has 2 rings (SSSR count). The van der Waals surface area contributed by atoms with E-state index in [1.54, 1.807) is 11.2 Å². The monoisotopic (exact) mass is 311 g/mol. The maximum Gasteiger partial charge on any atom is 0.290 e. The van der Waals surface area contributed by atoms with Crippen molar-refractivity contribution in [3.8, 4) is 0 Å². The van der Waals surface area contributed by atoms with Gasteiger partial charge in [0.05, 0.1) is 13.1 Å². The van der Waals surface area contributed by atoms with Gasteiger partial charge in [-0.15, -0.1) is 10.2 Å². The van der Waals surface area contributed by atoms with Crippen LogP contribution >= 0.6 is 0 Å². The number of aromatic nitrogens is 3. The molecule has 1 aromatic heterocycles. The number of nitrogens with zero attached hydrogens (tertiary/aromatic N) is 5. The Balaban J connectivity index is 0.000000745. The molecule has 0 bridgehead atoms. The number of aryl methyl sites for hydroxylation is 1. The average Bonchev–Trinajstić information content (AvgIpc) is 2.87. The molecule has 1 amide bonds. The molecule has 8 heteroatoms. The zero-order chi connectivity index (χ0) is 16.5. The fraction of sp³-hybridized carbons (Fsp3) is 0.714. The molecule has 1 fully saturated rings. The van der Waals surface area contributed by atoms with Gasteiger partial charge in [-0.05, 0) is 26.3 Å². The van der Waals surface area contributed by atoms with Gasteiger partial charge in [-0.1, -0.05) is 6.42 Å². The van der Waals surface area contributed by atoms with Gasteiger partial charge in [0.1, 0.15) is 6.33 Å². The van der Waals surface area contributed by atoms with E-state index in [0.717, 1.165) is 12.4 Å². The molecule has 1 saturated heterocycles. The van der Waals surface area contributed by atoms with Crippen LogP contribution in [0.25, 0.3) is 0 Å². The van der Waals surface area contributed by atoms with Gasteiger partial charge < -0.3 is 14.6 Å². The highest BCUT2D eigenvalue weighted by molar-refractivity contribution is 5.77.